The van der Waals surface area contributed by atoms with Gasteiger partial charge in [0, 0.05) is 25.2 Å². The number of fused-ring (bicyclic) bond motifs is 1. The Balaban J connectivity index is 1.42. The Morgan fingerprint density at radius 1 is 1.11 bits per heavy atom. The molecule has 8 nitrogen and oxygen atoms in total. The van der Waals surface area contributed by atoms with E-state index in [0.717, 1.165) is 24.3 Å². The third kappa shape index (κ3) is 3.76. The van der Waals surface area contributed by atoms with E-state index in [4.69, 9.17) is 0 Å². The van der Waals surface area contributed by atoms with Crippen molar-refractivity contribution in [3.63, 3.8) is 0 Å². The first-order valence-electron chi connectivity index (χ1n) is 9.17. The number of piperidine rings is 1. The fourth-order valence-electron chi connectivity index (χ4n) is 3.50. The number of nitrogens with one attached hydrogen (secondary N) is 1. The first-order valence-corrected chi connectivity index (χ1v) is 10.6. The van der Waals surface area contributed by atoms with Crippen molar-refractivity contribution in [2.45, 2.75) is 23.7 Å². The number of amides is 1. The number of pyridine rings is 1. The normalized spacial score (nSPS) is 17.7. The molecule has 2 aromatic heterocycles. The molecule has 0 bridgehead atoms. The zero-order valence-corrected chi connectivity index (χ0v) is 16.0. The molecule has 1 saturated heterocycles. The van der Waals surface area contributed by atoms with Crippen LogP contribution in [-0.4, -0.2) is 53.5 Å². The van der Waals surface area contributed by atoms with Crippen LogP contribution in [0.5, 0.6) is 0 Å². The van der Waals surface area contributed by atoms with Crippen molar-refractivity contribution in [1.82, 2.24) is 24.2 Å². The summed E-state index contributed by atoms with van der Waals surface area (Å²) in [7, 11) is -3.70. The Morgan fingerprint density at radius 3 is 2.71 bits per heavy atom. The summed E-state index contributed by atoms with van der Waals surface area (Å²) in [4.78, 5) is 14.5. The highest BCUT2D eigenvalue weighted by Crippen LogP contribution is 2.26. The van der Waals surface area contributed by atoms with Gasteiger partial charge in [0.25, 0.3) is 0 Å². The molecule has 0 unspecified atom stereocenters. The van der Waals surface area contributed by atoms with Gasteiger partial charge in [-0.15, -0.1) is 10.2 Å². The minimum Gasteiger partial charge on any atom is -0.341 e. The zero-order valence-electron chi connectivity index (χ0n) is 15.2. The van der Waals surface area contributed by atoms with Crippen molar-refractivity contribution >= 4 is 21.6 Å². The number of likely N-dealkylation sites (tertiary alicyclic amines) is 1. The minimum absolute atomic E-state index is 0.0702. The quantitative estimate of drug-likeness (QED) is 0.700. The number of carbonyl (C=O) groups is 1. The molecule has 1 aliphatic rings. The largest absolute Gasteiger partial charge is 0.341 e. The highest BCUT2D eigenvalue weighted by Gasteiger charge is 2.28. The molecule has 1 aromatic carbocycles. The van der Waals surface area contributed by atoms with Gasteiger partial charge in [-0.3, -0.25) is 9.20 Å². The second-order valence-electron chi connectivity index (χ2n) is 6.80. The van der Waals surface area contributed by atoms with E-state index in [1.54, 1.807) is 23.1 Å². The predicted molar refractivity (Wildman–Crippen MR) is 103 cm³/mol. The molecule has 3 heterocycles. The van der Waals surface area contributed by atoms with Gasteiger partial charge in [-0.05, 0) is 37.1 Å². The van der Waals surface area contributed by atoms with E-state index in [-0.39, 0.29) is 23.3 Å². The van der Waals surface area contributed by atoms with Crippen LogP contribution in [0, 0.1) is 0 Å². The molecule has 9 heteroatoms. The van der Waals surface area contributed by atoms with Crippen molar-refractivity contribution in [1.29, 1.82) is 0 Å². The van der Waals surface area contributed by atoms with Gasteiger partial charge in [-0.2, -0.15) is 0 Å². The maximum atomic E-state index is 12.6. The van der Waals surface area contributed by atoms with Crippen LogP contribution in [-0.2, 0) is 14.8 Å². The topological polar surface area (TPSA) is 96.7 Å². The van der Waals surface area contributed by atoms with Crippen LogP contribution in [0.3, 0.4) is 0 Å². The lowest BCUT2D eigenvalue weighted by Crippen LogP contribution is -2.44. The van der Waals surface area contributed by atoms with E-state index < -0.39 is 10.0 Å². The molecule has 1 fully saturated rings. The summed E-state index contributed by atoms with van der Waals surface area (Å²) in [5.74, 6) is 0.664. The summed E-state index contributed by atoms with van der Waals surface area (Å²) in [5.41, 5.74) is 0.775. The van der Waals surface area contributed by atoms with Crippen LogP contribution < -0.4 is 4.72 Å². The van der Waals surface area contributed by atoms with Gasteiger partial charge < -0.3 is 4.90 Å². The SMILES string of the molecule is O=C(CNS(=O)(=O)c1ccccc1)N1CCC[C@@H](c2nnc3ccccn23)C1. The molecule has 3 aromatic rings. The lowest BCUT2D eigenvalue weighted by molar-refractivity contribution is -0.131. The zero-order chi connectivity index (χ0) is 19.6. The molecule has 28 heavy (non-hydrogen) atoms. The van der Waals surface area contributed by atoms with E-state index >= 15 is 0 Å². The highest BCUT2D eigenvalue weighted by atomic mass is 32.2. The van der Waals surface area contributed by atoms with Crippen LogP contribution in [0.1, 0.15) is 24.6 Å². The maximum Gasteiger partial charge on any atom is 0.241 e. The summed E-state index contributed by atoms with van der Waals surface area (Å²) in [6, 6.07) is 13.8. The molecule has 1 amide bonds. The third-order valence-corrected chi connectivity index (χ3v) is 6.36. The molecular weight excluding hydrogens is 378 g/mol. The molecule has 0 radical (unpaired) electrons. The Morgan fingerprint density at radius 2 is 1.89 bits per heavy atom. The van der Waals surface area contributed by atoms with Crippen molar-refractivity contribution in [3.8, 4) is 0 Å². The Hall–Kier alpha value is -2.78. The average molecular weight is 399 g/mol. The molecule has 1 atom stereocenters. The lowest BCUT2D eigenvalue weighted by atomic mass is 9.97. The van der Waals surface area contributed by atoms with Crippen molar-refractivity contribution in [2.24, 2.45) is 0 Å². The summed E-state index contributed by atoms with van der Waals surface area (Å²) in [5, 5.41) is 8.48. The molecule has 0 spiro atoms. The first-order chi connectivity index (χ1) is 13.5. The standard InChI is InChI=1S/C19H21N5O3S/c25-18(13-20-28(26,27)16-8-2-1-3-9-16)23-11-6-7-15(14-23)19-22-21-17-10-4-5-12-24(17)19/h1-5,8-10,12,15,20H,6-7,11,13-14H2/t15-/m1/s1. The summed E-state index contributed by atoms with van der Waals surface area (Å²) in [6.07, 6.45) is 3.66. The number of hydrogen-bond acceptors (Lipinski definition) is 5. The second kappa shape index (κ2) is 7.69. The van der Waals surface area contributed by atoms with Crippen LogP contribution in [0.4, 0.5) is 0 Å². The van der Waals surface area contributed by atoms with E-state index in [2.05, 4.69) is 14.9 Å². The van der Waals surface area contributed by atoms with Gasteiger partial charge in [0.2, 0.25) is 15.9 Å². The number of rotatable bonds is 5. The van der Waals surface area contributed by atoms with Gasteiger partial charge in [0.05, 0.1) is 11.4 Å². The van der Waals surface area contributed by atoms with Gasteiger partial charge >= 0.3 is 0 Å². The van der Waals surface area contributed by atoms with E-state index in [1.165, 1.54) is 12.1 Å². The van der Waals surface area contributed by atoms with Crippen molar-refractivity contribution < 1.29 is 13.2 Å². The summed E-state index contributed by atoms with van der Waals surface area (Å²) >= 11 is 0. The Kier molecular flexibility index (Phi) is 5.10. The summed E-state index contributed by atoms with van der Waals surface area (Å²) < 4.78 is 29.0. The van der Waals surface area contributed by atoms with Crippen molar-refractivity contribution in [3.05, 3.63) is 60.6 Å². The molecule has 4 rings (SSSR count). The smallest absolute Gasteiger partial charge is 0.241 e. The fourth-order valence-corrected chi connectivity index (χ4v) is 4.50. The lowest BCUT2D eigenvalue weighted by Gasteiger charge is -2.32. The van der Waals surface area contributed by atoms with Gasteiger partial charge in [-0.25, -0.2) is 13.1 Å². The third-order valence-electron chi connectivity index (χ3n) is 4.95. The number of carbonyl (C=O) groups excluding carboxylic acids is 1. The molecule has 1 N–H and O–H groups in total. The number of hydrogen-bond donors (Lipinski definition) is 1. The Labute approximate surface area is 163 Å². The second-order valence-corrected chi connectivity index (χ2v) is 8.57. The van der Waals surface area contributed by atoms with E-state index in [1.807, 2.05) is 28.8 Å². The van der Waals surface area contributed by atoms with E-state index in [0.29, 0.717) is 13.1 Å². The fraction of sp³-hybridized carbons (Fsp3) is 0.316. The minimum atomic E-state index is -3.70. The first kappa shape index (κ1) is 18.6. The van der Waals surface area contributed by atoms with E-state index in [9.17, 15) is 13.2 Å². The van der Waals surface area contributed by atoms with Crippen molar-refractivity contribution in [2.75, 3.05) is 19.6 Å². The molecule has 1 aliphatic heterocycles. The number of aromatic nitrogens is 3. The van der Waals surface area contributed by atoms with Gasteiger partial charge in [0.1, 0.15) is 5.82 Å². The molecule has 146 valence electrons. The maximum absolute atomic E-state index is 12.6. The van der Waals surface area contributed by atoms with Crippen LogP contribution in [0.25, 0.3) is 5.65 Å². The molecule has 0 aliphatic carbocycles. The molecular formula is C19H21N5O3S. The number of nitrogens with zero attached hydrogens (tertiary/aromatic N) is 4. The highest BCUT2D eigenvalue weighted by molar-refractivity contribution is 7.89. The monoisotopic (exact) mass is 399 g/mol. The predicted octanol–water partition coefficient (Wildman–Crippen LogP) is 1.41. The van der Waals surface area contributed by atoms with Gasteiger partial charge in [0.15, 0.2) is 5.65 Å². The van der Waals surface area contributed by atoms with Crippen LogP contribution >= 0.6 is 0 Å². The number of sulfonamides is 1. The Bertz CT molecular complexity index is 1080. The summed E-state index contributed by atoms with van der Waals surface area (Å²) in [6.45, 7) is 0.852. The number of benzene rings is 1. The van der Waals surface area contributed by atoms with Crippen LogP contribution in [0.15, 0.2) is 59.6 Å². The van der Waals surface area contributed by atoms with Gasteiger partial charge in [-0.1, -0.05) is 24.3 Å². The van der Waals surface area contributed by atoms with Crippen LogP contribution in [0.2, 0.25) is 0 Å². The average Bonchev–Trinajstić information content (AvgIpc) is 3.17. The molecule has 0 saturated carbocycles.